The Hall–Kier alpha value is -0.980. The second-order valence-electron chi connectivity index (χ2n) is 4.15. The van der Waals surface area contributed by atoms with Gasteiger partial charge in [-0.25, -0.2) is 0 Å². The lowest BCUT2D eigenvalue weighted by atomic mass is 9.91. The van der Waals surface area contributed by atoms with Gasteiger partial charge in [-0.05, 0) is 55.9 Å². The van der Waals surface area contributed by atoms with Crippen molar-refractivity contribution in [3.63, 3.8) is 0 Å². The topological polar surface area (TPSA) is 9.23 Å². The Morgan fingerprint density at radius 1 is 1.13 bits per heavy atom. The Bertz CT molecular complexity index is 328. The van der Waals surface area contributed by atoms with Gasteiger partial charge in [-0.3, -0.25) is 0 Å². The minimum absolute atomic E-state index is 0.638. The van der Waals surface area contributed by atoms with Crippen molar-refractivity contribution in [3.8, 4) is 5.75 Å². The number of hydrogen-bond donors (Lipinski definition) is 0. The van der Waals surface area contributed by atoms with Gasteiger partial charge >= 0.3 is 0 Å². The third-order valence-electron chi connectivity index (χ3n) is 3.22. The quantitative estimate of drug-likeness (QED) is 0.717. The highest BCUT2D eigenvalue weighted by Gasteiger charge is 2.10. The van der Waals surface area contributed by atoms with E-state index in [1.807, 2.05) is 6.92 Å². The maximum absolute atomic E-state index is 5.59. The SMILES string of the molecule is CCOc1ccc(C(C)CC)c(C)c1C. The average molecular weight is 206 g/mol. The standard InChI is InChI=1S/C14H22O/c1-6-10(3)13-8-9-14(15-7-2)12(5)11(13)4/h8-10H,6-7H2,1-5H3. The summed E-state index contributed by atoms with van der Waals surface area (Å²) in [5, 5.41) is 0. The van der Waals surface area contributed by atoms with E-state index in [9.17, 15) is 0 Å². The Morgan fingerprint density at radius 2 is 1.80 bits per heavy atom. The summed E-state index contributed by atoms with van der Waals surface area (Å²) >= 11 is 0. The third-order valence-corrected chi connectivity index (χ3v) is 3.22. The van der Waals surface area contributed by atoms with Gasteiger partial charge in [-0.2, -0.15) is 0 Å². The first-order valence-corrected chi connectivity index (χ1v) is 5.84. The molecule has 1 nitrogen and oxygen atoms in total. The number of rotatable bonds is 4. The zero-order valence-electron chi connectivity index (χ0n) is 10.6. The Labute approximate surface area is 93.5 Å². The number of hydrogen-bond acceptors (Lipinski definition) is 1. The number of benzene rings is 1. The van der Waals surface area contributed by atoms with Crippen LogP contribution in [0.3, 0.4) is 0 Å². The van der Waals surface area contributed by atoms with E-state index >= 15 is 0 Å². The van der Waals surface area contributed by atoms with Crippen molar-refractivity contribution in [2.45, 2.75) is 47.0 Å². The molecule has 0 N–H and O–H groups in total. The highest BCUT2D eigenvalue weighted by atomic mass is 16.5. The van der Waals surface area contributed by atoms with Gasteiger partial charge in [0, 0.05) is 0 Å². The largest absolute Gasteiger partial charge is 0.494 e. The smallest absolute Gasteiger partial charge is 0.122 e. The van der Waals surface area contributed by atoms with Crippen LogP contribution >= 0.6 is 0 Å². The maximum Gasteiger partial charge on any atom is 0.122 e. The Balaban J connectivity index is 3.09. The van der Waals surface area contributed by atoms with Crippen LogP contribution in [0.1, 0.15) is 49.8 Å². The normalized spacial score (nSPS) is 12.6. The van der Waals surface area contributed by atoms with E-state index in [-0.39, 0.29) is 0 Å². The summed E-state index contributed by atoms with van der Waals surface area (Å²) in [5.74, 6) is 1.67. The van der Waals surface area contributed by atoms with E-state index in [1.54, 1.807) is 0 Å². The predicted molar refractivity (Wildman–Crippen MR) is 65.8 cm³/mol. The second-order valence-corrected chi connectivity index (χ2v) is 4.15. The Kier molecular flexibility index (Phi) is 4.19. The van der Waals surface area contributed by atoms with E-state index in [4.69, 9.17) is 4.74 Å². The first-order chi connectivity index (χ1) is 7.11. The molecule has 1 atom stereocenters. The molecule has 0 fully saturated rings. The molecule has 0 saturated carbocycles. The molecule has 1 aromatic carbocycles. The molecule has 0 amide bonds. The average Bonchev–Trinajstić information content (AvgIpc) is 2.24. The van der Waals surface area contributed by atoms with Crippen LogP contribution < -0.4 is 4.74 Å². The lowest BCUT2D eigenvalue weighted by Crippen LogP contribution is -2.01. The van der Waals surface area contributed by atoms with Crippen LogP contribution in [0.5, 0.6) is 5.75 Å². The molecule has 0 aliphatic heterocycles. The van der Waals surface area contributed by atoms with Gasteiger partial charge in [-0.1, -0.05) is 19.9 Å². The van der Waals surface area contributed by atoms with Crippen molar-refractivity contribution in [2.24, 2.45) is 0 Å². The van der Waals surface area contributed by atoms with Gasteiger partial charge in [0.15, 0.2) is 0 Å². The summed E-state index contributed by atoms with van der Waals surface area (Å²) in [6.45, 7) is 11.6. The summed E-state index contributed by atoms with van der Waals surface area (Å²) < 4.78 is 5.59. The molecular weight excluding hydrogens is 184 g/mol. The lowest BCUT2D eigenvalue weighted by Gasteiger charge is -2.17. The fourth-order valence-corrected chi connectivity index (χ4v) is 1.88. The van der Waals surface area contributed by atoms with Gasteiger partial charge in [-0.15, -0.1) is 0 Å². The first-order valence-electron chi connectivity index (χ1n) is 5.84. The van der Waals surface area contributed by atoms with Crippen molar-refractivity contribution in [2.75, 3.05) is 6.61 Å². The van der Waals surface area contributed by atoms with E-state index in [2.05, 4.69) is 39.8 Å². The minimum atomic E-state index is 0.638. The molecule has 0 bridgehead atoms. The second kappa shape index (κ2) is 5.20. The highest BCUT2D eigenvalue weighted by Crippen LogP contribution is 2.29. The Morgan fingerprint density at radius 3 is 2.33 bits per heavy atom. The monoisotopic (exact) mass is 206 g/mol. The van der Waals surface area contributed by atoms with Crippen molar-refractivity contribution >= 4 is 0 Å². The zero-order chi connectivity index (χ0) is 11.4. The van der Waals surface area contributed by atoms with Gasteiger partial charge in [0.05, 0.1) is 6.61 Å². The van der Waals surface area contributed by atoms with Crippen molar-refractivity contribution in [1.82, 2.24) is 0 Å². The fourth-order valence-electron chi connectivity index (χ4n) is 1.88. The molecule has 15 heavy (non-hydrogen) atoms. The highest BCUT2D eigenvalue weighted by molar-refractivity contribution is 5.44. The molecule has 0 aromatic heterocycles. The summed E-state index contributed by atoms with van der Waals surface area (Å²) in [6, 6.07) is 4.31. The molecule has 1 rings (SSSR count). The molecule has 0 spiro atoms. The molecule has 1 heteroatoms. The van der Waals surface area contributed by atoms with E-state index in [1.165, 1.54) is 23.1 Å². The van der Waals surface area contributed by atoms with E-state index < -0.39 is 0 Å². The maximum atomic E-state index is 5.59. The van der Waals surface area contributed by atoms with Crippen LogP contribution in [0, 0.1) is 13.8 Å². The van der Waals surface area contributed by atoms with Gasteiger partial charge in [0.25, 0.3) is 0 Å². The molecule has 0 aliphatic carbocycles. The fraction of sp³-hybridized carbons (Fsp3) is 0.571. The van der Waals surface area contributed by atoms with Crippen molar-refractivity contribution in [3.05, 3.63) is 28.8 Å². The van der Waals surface area contributed by atoms with Gasteiger partial charge in [0.1, 0.15) is 5.75 Å². The molecule has 0 aliphatic rings. The van der Waals surface area contributed by atoms with Crippen LogP contribution in [0.15, 0.2) is 12.1 Å². The lowest BCUT2D eigenvalue weighted by molar-refractivity contribution is 0.337. The van der Waals surface area contributed by atoms with E-state index in [0.717, 1.165) is 12.4 Å². The van der Waals surface area contributed by atoms with Crippen LogP contribution in [-0.2, 0) is 0 Å². The summed E-state index contributed by atoms with van der Waals surface area (Å²) in [6.07, 6.45) is 1.19. The number of ether oxygens (including phenoxy) is 1. The molecule has 84 valence electrons. The van der Waals surface area contributed by atoms with Gasteiger partial charge < -0.3 is 4.74 Å². The van der Waals surface area contributed by atoms with Crippen molar-refractivity contribution in [1.29, 1.82) is 0 Å². The van der Waals surface area contributed by atoms with Crippen LogP contribution in [0.4, 0.5) is 0 Å². The molecule has 1 unspecified atom stereocenters. The van der Waals surface area contributed by atoms with E-state index in [0.29, 0.717) is 5.92 Å². The van der Waals surface area contributed by atoms with Crippen molar-refractivity contribution < 1.29 is 4.74 Å². The minimum Gasteiger partial charge on any atom is -0.494 e. The van der Waals surface area contributed by atoms with Crippen LogP contribution in [-0.4, -0.2) is 6.61 Å². The zero-order valence-corrected chi connectivity index (χ0v) is 10.6. The molecule has 1 aromatic rings. The summed E-state index contributed by atoms with van der Waals surface area (Å²) in [5.41, 5.74) is 4.13. The molecular formula is C14H22O. The first kappa shape index (κ1) is 12.1. The molecule has 0 saturated heterocycles. The van der Waals surface area contributed by atoms with Crippen LogP contribution in [0.2, 0.25) is 0 Å². The molecule has 0 radical (unpaired) electrons. The van der Waals surface area contributed by atoms with Gasteiger partial charge in [0.2, 0.25) is 0 Å². The summed E-state index contributed by atoms with van der Waals surface area (Å²) in [7, 11) is 0. The third kappa shape index (κ3) is 2.53. The predicted octanol–water partition coefficient (Wildman–Crippen LogP) is 4.22. The summed E-state index contributed by atoms with van der Waals surface area (Å²) in [4.78, 5) is 0. The molecule has 0 heterocycles. The van der Waals surface area contributed by atoms with Crippen LogP contribution in [0.25, 0.3) is 0 Å².